The minimum Gasteiger partial charge on any atom is -0.487 e. The van der Waals surface area contributed by atoms with Gasteiger partial charge in [0.05, 0.1) is 28.5 Å². The first-order valence-electron chi connectivity index (χ1n) is 19.8. The molecule has 302 valence electrons. The largest absolute Gasteiger partial charge is 0.487 e. The number of halogens is 1. The van der Waals surface area contributed by atoms with Gasteiger partial charge in [-0.25, -0.2) is 9.97 Å². The molecule has 4 heterocycles. The van der Waals surface area contributed by atoms with Crippen LogP contribution in [-0.4, -0.2) is 88.2 Å². The van der Waals surface area contributed by atoms with Crippen LogP contribution in [0, 0.1) is 23.2 Å². The topological polar surface area (TPSA) is 170 Å². The van der Waals surface area contributed by atoms with Crippen LogP contribution in [0.15, 0.2) is 72.9 Å². The smallest absolute Gasteiger partial charge is 0.263 e. The molecule has 3 aromatic carbocycles. The molecule has 1 aromatic heterocycles. The molecule has 0 aliphatic carbocycles. The molecule has 4 amide bonds. The molecule has 7 rings (SSSR count). The molecule has 3 aliphatic heterocycles. The van der Waals surface area contributed by atoms with Crippen LogP contribution in [0.3, 0.4) is 0 Å². The first-order chi connectivity index (χ1) is 28.5. The Kier molecular flexibility index (Phi) is 12.7. The number of carbonyl (C=O) groups excluding carboxylic acids is 4. The first-order valence-corrected chi connectivity index (χ1v) is 20.2. The average molecular weight is 813 g/mol. The highest BCUT2D eigenvalue weighted by atomic mass is 35.5. The minimum absolute atomic E-state index is 0.0718. The zero-order valence-electron chi connectivity index (χ0n) is 33.0. The van der Waals surface area contributed by atoms with E-state index < -0.39 is 29.7 Å². The molecule has 3 N–H and O–H groups in total. The molecular formula is C45H45ClN8O5. The molecule has 13 nitrogen and oxygen atoms in total. The number of carbonyl (C=O) groups is 4. The van der Waals surface area contributed by atoms with Crippen LogP contribution in [0.4, 0.5) is 5.95 Å². The summed E-state index contributed by atoms with van der Waals surface area (Å²) in [4.78, 5) is 62.8. The molecule has 14 heteroatoms. The van der Waals surface area contributed by atoms with Crippen LogP contribution in [0.2, 0.25) is 5.02 Å². The first kappa shape index (κ1) is 41.1. The number of benzene rings is 3. The highest BCUT2D eigenvalue weighted by molar-refractivity contribution is 6.30. The predicted octanol–water partition coefficient (Wildman–Crippen LogP) is 5.22. The number of nitrogens with zero attached hydrogens (tertiary/aromatic N) is 5. The summed E-state index contributed by atoms with van der Waals surface area (Å²) in [6.07, 6.45) is 4.53. The molecule has 1 atom stereocenters. The number of ether oxygens (including phenoxy) is 1. The summed E-state index contributed by atoms with van der Waals surface area (Å²) in [7, 11) is 0. The fourth-order valence-electron chi connectivity index (χ4n) is 7.67. The van der Waals surface area contributed by atoms with Gasteiger partial charge < -0.3 is 20.3 Å². The summed E-state index contributed by atoms with van der Waals surface area (Å²) in [6.45, 7) is 8.61. The molecule has 0 saturated carbocycles. The van der Waals surface area contributed by atoms with Gasteiger partial charge in [0, 0.05) is 60.7 Å². The molecule has 0 radical (unpaired) electrons. The second-order valence-electron chi connectivity index (χ2n) is 15.4. The fraction of sp³-hybridized carbons (Fsp3) is 0.356. The molecule has 1 unspecified atom stereocenters. The summed E-state index contributed by atoms with van der Waals surface area (Å²) in [5, 5.41) is 19.1. The lowest BCUT2D eigenvalue weighted by molar-refractivity contribution is -0.136. The number of hydrogen-bond donors (Lipinski definition) is 3. The van der Waals surface area contributed by atoms with Crippen molar-refractivity contribution in [3.05, 3.63) is 117 Å². The average Bonchev–Trinajstić information content (AvgIpc) is 3.49. The van der Waals surface area contributed by atoms with Crippen molar-refractivity contribution < 1.29 is 23.9 Å². The summed E-state index contributed by atoms with van der Waals surface area (Å²) in [6, 6.07) is 21.8. The molecule has 0 spiro atoms. The molecule has 2 fully saturated rings. The van der Waals surface area contributed by atoms with E-state index in [2.05, 4.69) is 62.6 Å². The lowest BCUT2D eigenvalue weighted by Crippen LogP contribution is -2.54. The van der Waals surface area contributed by atoms with E-state index in [1.54, 1.807) is 30.5 Å². The van der Waals surface area contributed by atoms with Gasteiger partial charge in [-0.1, -0.05) is 55.5 Å². The minimum atomic E-state index is -1.01. The zero-order valence-corrected chi connectivity index (χ0v) is 33.8. The maximum absolute atomic E-state index is 13.3. The van der Waals surface area contributed by atoms with Crippen molar-refractivity contribution in [2.24, 2.45) is 0 Å². The Morgan fingerprint density at radius 1 is 0.966 bits per heavy atom. The summed E-state index contributed by atoms with van der Waals surface area (Å²) < 4.78 is 6.04. The Balaban J connectivity index is 0.807. The Hall–Kier alpha value is -6.12. The van der Waals surface area contributed by atoms with Crippen LogP contribution in [0.5, 0.6) is 5.75 Å². The van der Waals surface area contributed by atoms with Gasteiger partial charge in [-0.3, -0.25) is 29.4 Å². The van der Waals surface area contributed by atoms with Crippen molar-refractivity contribution in [2.75, 3.05) is 38.0 Å². The third kappa shape index (κ3) is 9.61. The van der Waals surface area contributed by atoms with E-state index in [-0.39, 0.29) is 29.4 Å². The van der Waals surface area contributed by atoms with Gasteiger partial charge >= 0.3 is 0 Å². The Labute approximate surface area is 348 Å². The van der Waals surface area contributed by atoms with E-state index in [9.17, 15) is 24.4 Å². The number of anilines is 1. The summed E-state index contributed by atoms with van der Waals surface area (Å²) >= 11 is 6.28. The number of rotatable bonds is 13. The van der Waals surface area contributed by atoms with Crippen molar-refractivity contribution >= 4 is 41.2 Å². The SMILES string of the molecule is CC(C)(c1ccc(OCc2ccnc(NCCNC3CCN(CCC#Cc4cccc5c4C(=O)N(C4CCC(=O)NC4=O)C5=O)CC3)n2)cc1)c1cc(Cl)cc(C#N)c1. The highest BCUT2D eigenvalue weighted by Gasteiger charge is 2.45. The standard InChI is InChI=1S/C45H45ClN8O5/c1-45(2,32-24-29(27-47)25-33(46)26-32)31-9-11-36(12-10-31)59-28-35-15-18-49-44(51-35)50-20-19-48-34-16-22-53(23-17-34)21-4-3-6-30-7-5-8-37-40(30)43(58)54(42(37)57)38-13-14-39(55)52-41(38)56/h5,7-12,15,18,24-26,34,38,48H,4,13-14,16-17,19-23,28H2,1-2H3,(H,49,50,51)(H,52,55,56). The van der Waals surface area contributed by atoms with Crippen molar-refractivity contribution in [1.29, 1.82) is 5.26 Å². The number of likely N-dealkylation sites (tertiary alicyclic amines) is 1. The van der Waals surface area contributed by atoms with E-state index in [1.807, 2.05) is 42.5 Å². The molecule has 59 heavy (non-hydrogen) atoms. The molecule has 2 saturated heterocycles. The van der Waals surface area contributed by atoms with Gasteiger partial charge in [0.15, 0.2) is 0 Å². The Morgan fingerprint density at radius 3 is 2.53 bits per heavy atom. The summed E-state index contributed by atoms with van der Waals surface area (Å²) in [5.74, 6) is 5.41. The maximum Gasteiger partial charge on any atom is 0.263 e. The third-order valence-corrected chi connectivity index (χ3v) is 11.3. The van der Waals surface area contributed by atoms with Crippen molar-refractivity contribution in [3.63, 3.8) is 0 Å². The number of amides is 4. The van der Waals surface area contributed by atoms with Crippen LogP contribution >= 0.6 is 11.6 Å². The van der Waals surface area contributed by atoms with Gasteiger partial charge in [0.25, 0.3) is 11.8 Å². The van der Waals surface area contributed by atoms with E-state index >= 15 is 0 Å². The third-order valence-electron chi connectivity index (χ3n) is 11.1. The lowest BCUT2D eigenvalue weighted by atomic mass is 9.78. The van der Waals surface area contributed by atoms with Gasteiger partial charge in [0.2, 0.25) is 17.8 Å². The van der Waals surface area contributed by atoms with Crippen molar-refractivity contribution in [1.82, 2.24) is 30.4 Å². The van der Waals surface area contributed by atoms with Crippen LogP contribution in [0.25, 0.3) is 0 Å². The molecule has 4 aromatic rings. The second kappa shape index (κ2) is 18.2. The summed E-state index contributed by atoms with van der Waals surface area (Å²) in [5.41, 5.74) is 3.88. The predicted molar refractivity (Wildman–Crippen MR) is 222 cm³/mol. The van der Waals surface area contributed by atoms with E-state index in [4.69, 9.17) is 16.3 Å². The fourth-order valence-corrected chi connectivity index (χ4v) is 7.91. The van der Waals surface area contributed by atoms with Crippen molar-refractivity contribution in [2.45, 2.75) is 70.1 Å². The molecule has 0 bridgehead atoms. The van der Waals surface area contributed by atoms with Gasteiger partial charge in [0.1, 0.15) is 18.4 Å². The lowest BCUT2D eigenvalue weighted by Gasteiger charge is -2.32. The molecular weight excluding hydrogens is 768 g/mol. The van der Waals surface area contributed by atoms with E-state index in [1.165, 1.54) is 0 Å². The monoisotopic (exact) mass is 812 g/mol. The number of aromatic nitrogens is 2. The zero-order chi connectivity index (χ0) is 41.5. The van der Waals surface area contributed by atoms with E-state index in [0.29, 0.717) is 47.7 Å². The number of hydrogen-bond acceptors (Lipinski definition) is 11. The highest BCUT2D eigenvalue weighted by Crippen LogP contribution is 2.35. The van der Waals surface area contributed by atoms with E-state index in [0.717, 1.165) is 66.5 Å². The van der Waals surface area contributed by atoms with Crippen LogP contribution < -0.4 is 20.7 Å². The number of imide groups is 2. The quantitative estimate of drug-likeness (QED) is 0.0920. The second-order valence-corrected chi connectivity index (χ2v) is 15.8. The number of nitrogens with one attached hydrogen (secondary N) is 3. The number of piperidine rings is 2. The maximum atomic E-state index is 13.3. The number of nitriles is 1. The van der Waals surface area contributed by atoms with Crippen LogP contribution in [-0.2, 0) is 21.6 Å². The number of fused-ring (bicyclic) bond motifs is 1. The Morgan fingerprint density at radius 2 is 1.76 bits per heavy atom. The van der Waals surface area contributed by atoms with Gasteiger partial charge in [-0.15, -0.1) is 0 Å². The Bertz CT molecular complexity index is 2360. The molecule has 3 aliphatic rings. The van der Waals surface area contributed by atoms with Crippen LogP contribution in [0.1, 0.15) is 94.6 Å². The van der Waals surface area contributed by atoms with Gasteiger partial charge in [-0.2, -0.15) is 5.26 Å². The normalized spacial score (nSPS) is 17.2. The van der Waals surface area contributed by atoms with Crippen molar-refractivity contribution in [3.8, 4) is 23.7 Å². The van der Waals surface area contributed by atoms with Gasteiger partial charge in [-0.05, 0) is 92.0 Å².